The van der Waals surface area contributed by atoms with Crippen LogP contribution in [0, 0.1) is 6.92 Å². The lowest BCUT2D eigenvalue weighted by Gasteiger charge is -2.14. The molecule has 1 atom stereocenters. The van der Waals surface area contributed by atoms with Crippen LogP contribution in [0.1, 0.15) is 42.1 Å². The molecule has 0 aliphatic carbocycles. The Balaban J connectivity index is 2.09. The number of nitrogens with zero attached hydrogens (tertiary/aromatic N) is 4. The predicted octanol–water partition coefficient (Wildman–Crippen LogP) is 1.75. The molecule has 0 aliphatic rings. The summed E-state index contributed by atoms with van der Waals surface area (Å²) in [7, 11) is 1.91. The van der Waals surface area contributed by atoms with E-state index in [1.54, 1.807) is 6.20 Å². The molecule has 102 valence electrons. The van der Waals surface area contributed by atoms with Gasteiger partial charge in [0.1, 0.15) is 0 Å². The van der Waals surface area contributed by atoms with Gasteiger partial charge in [0.15, 0.2) is 0 Å². The molecule has 1 unspecified atom stereocenters. The van der Waals surface area contributed by atoms with Gasteiger partial charge in [-0.05, 0) is 38.3 Å². The molecule has 2 rings (SSSR count). The van der Waals surface area contributed by atoms with E-state index < -0.39 is 6.10 Å². The molecule has 0 saturated heterocycles. The summed E-state index contributed by atoms with van der Waals surface area (Å²) in [5, 5.41) is 22.7. The third-order valence-electron chi connectivity index (χ3n) is 3.32. The van der Waals surface area contributed by atoms with Crippen LogP contribution in [0.4, 0.5) is 0 Å². The van der Waals surface area contributed by atoms with Gasteiger partial charge in [-0.3, -0.25) is 4.68 Å². The summed E-state index contributed by atoms with van der Waals surface area (Å²) in [4.78, 5) is 0. The standard InChI is InChI=1S/C14H20N4O/c1-4-13-12(9-10(2)16-17-13)14(19)6-5-11-7-8-15-18(11)3/h7-9,14,19H,4-6H2,1-3H3. The van der Waals surface area contributed by atoms with Crippen LogP contribution in [-0.4, -0.2) is 25.1 Å². The summed E-state index contributed by atoms with van der Waals surface area (Å²) in [5.74, 6) is 0. The molecule has 2 aromatic heterocycles. The quantitative estimate of drug-likeness (QED) is 0.889. The van der Waals surface area contributed by atoms with Gasteiger partial charge in [0.2, 0.25) is 0 Å². The number of aryl methyl sites for hydroxylation is 4. The molecule has 0 spiro atoms. The summed E-state index contributed by atoms with van der Waals surface area (Å²) < 4.78 is 1.84. The number of hydrogen-bond donors (Lipinski definition) is 1. The first-order valence-corrected chi connectivity index (χ1v) is 6.59. The normalized spacial score (nSPS) is 12.6. The first-order chi connectivity index (χ1) is 9.11. The van der Waals surface area contributed by atoms with Crippen molar-refractivity contribution in [1.29, 1.82) is 0 Å². The molecule has 0 amide bonds. The van der Waals surface area contributed by atoms with E-state index in [1.807, 2.05) is 37.7 Å². The fraction of sp³-hybridized carbons (Fsp3) is 0.500. The maximum absolute atomic E-state index is 10.3. The van der Waals surface area contributed by atoms with Crippen LogP contribution in [0.15, 0.2) is 18.3 Å². The van der Waals surface area contributed by atoms with Crippen molar-refractivity contribution in [3.63, 3.8) is 0 Å². The lowest BCUT2D eigenvalue weighted by atomic mass is 10.0. The summed E-state index contributed by atoms with van der Waals surface area (Å²) in [5.41, 5.74) is 3.74. The van der Waals surface area contributed by atoms with Gasteiger partial charge in [-0.1, -0.05) is 6.92 Å². The minimum absolute atomic E-state index is 0.501. The van der Waals surface area contributed by atoms with Gasteiger partial charge in [0.25, 0.3) is 0 Å². The highest BCUT2D eigenvalue weighted by Crippen LogP contribution is 2.22. The number of hydrogen-bond acceptors (Lipinski definition) is 4. The van der Waals surface area contributed by atoms with Crippen molar-refractivity contribution in [1.82, 2.24) is 20.0 Å². The van der Waals surface area contributed by atoms with Crippen LogP contribution >= 0.6 is 0 Å². The van der Waals surface area contributed by atoms with Crippen LogP contribution in [-0.2, 0) is 19.9 Å². The minimum Gasteiger partial charge on any atom is -0.388 e. The second-order valence-corrected chi connectivity index (χ2v) is 4.74. The number of aliphatic hydroxyl groups is 1. The Labute approximate surface area is 113 Å². The molecule has 0 radical (unpaired) electrons. The van der Waals surface area contributed by atoms with Gasteiger partial charge in [0, 0.05) is 24.5 Å². The summed E-state index contributed by atoms with van der Waals surface area (Å²) in [6.45, 7) is 3.92. The molecule has 1 N–H and O–H groups in total. The van der Waals surface area contributed by atoms with Crippen LogP contribution in [0.2, 0.25) is 0 Å². The molecule has 0 aliphatic heterocycles. The Morgan fingerprint density at radius 1 is 1.37 bits per heavy atom. The molecule has 19 heavy (non-hydrogen) atoms. The van der Waals surface area contributed by atoms with Crippen molar-refractivity contribution in [3.05, 3.63) is 41.0 Å². The second kappa shape index (κ2) is 5.93. The van der Waals surface area contributed by atoms with Crippen molar-refractivity contribution in [2.45, 2.75) is 39.2 Å². The van der Waals surface area contributed by atoms with Crippen LogP contribution < -0.4 is 0 Å². The highest BCUT2D eigenvalue weighted by Gasteiger charge is 2.14. The summed E-state index contributed by atoms with van der Waals surface area (Å²) >= 11 is 0. The lowest BCUT2D eigenvalue weighted by Crippen LogP contribution is -2.08. The van der Waals surface area contributed by atoms with E-state index in [2.05, 4.69) is 15.3 Å². The molecular weight excluding hydrogens is 240 g/mol. The minimum atomic E-state index is -0.501. The van der Waals surface area contributed by atoms with Gasteiger partial charge in [-0.2, -0.15) is 15.3 Å². The Morgan fingerprint density at radius 3 is 2.79 bits per heavy atom. The van der Waals surface area contributed by atoms with E-state index >= 15 is 0 Å². The van der Waals surface area contributed by atoms with Gasteiger partial charge in [-0.15, -0.1) is 0 Å². The number of rotatable bonds is 5. The van der Waals surface area contributed by atoms with E-state index in [-0.39, 0.29) is 0 Å². The van der Waals surface area contributed by atoms with Crippen molar-refractivity contribution >= 4 is 0 Å². The Kier molecular flexibility index (Phi) is 4.27. The maximum Gasteiger partial charge on any atom is 0.0812 e. The first-order valence-electron chi connectivity index (χ1n) is 6.59. The topological polar surface area (TPSA) is 63.8 Å². The first kappa shape index (κ1) is 13.7. The lowest BCUT2D eigenvalue weighted by molar-refractivity contribution is 0.165. The van der Waals surface area contributed by atoms with E-state index in [4.69, 9.17) is 0 Å². The molecule has 0 fully saturated rings. The van der Waals surface area contributed by atoms with E-state index in [0.29, 0.717) is 6.42 Å². The van der Waals surface area contributed by atoms with E-state index in [1.165, 1.54) is 0 Å². The van der Waals surface area contributed by atoms with E-state index in [0.717, 1.165) is 35.5 Å². The largest absolute Gasteiger partial charge is 0.388 e. The average molecular weight is 260 g/mol. The number of aliphatic hydroxyl groups excluding tert-OH is 1. The van der Waals surface area contributed by atoms with Crippen molar-refractivity contribution < 1.29 is 5.11 Å². The van der Waals surface area contributed by atoms with Crippen LogP contribution in [0.3, 0.4) is 0 Å². The van der Waals surface area contributed by atoms with Crippen LogP contribution in [0.25, 0.3) is 0 Å². The molecule has 5 nitrogen and oxygen atoms in total. The van der Waals surface area contributed by atoms with Gasteiger partial charge >= 0.3 is 0 Å². The zero-order valence-electron chi connectivity index (χ0n) is 11.7. The van der Waals surface area contributed by atoms with Crippen LogP contribution in [0.5, 0.6) is 0 Å². The molecule has 0 bridgehead atoms. The molecule has 5 heteroatoms. The van der Waals surface area contributed by atoms with Crippen molar-refractivity contribution in [2.75, 3.05) is 0 Å². The third kappa shape index (κ3) is 3.17. The van der Waals surface area contributed by atoms with Crippen molar-refractivity contribution in [2.24, 2.45) is 7.05 Å². The Bertz CT molecular complexity index is 550. The monoisotopic (exact) mass is 260 g/mol. The zero-order chi connectivity index (χ0) is 13.8. The fourth-order valence-corrected chi connectivity index (χ4v) is 2.18. The summed E-state index contributed by atoms with van der Waals surface area (Å²) in [6.07, 6.45) is 3.52. The fourth-order valence-electron chi connectivity index (χ4n) is 2.18. The van der Waals surface area contributed by atoms with E-state index in [9.17, 15) is 5.11 Å². The summed E-state index contributed by atoms with van der Waals surface area (Å²) in [6, 6.07) is 3.91. The second-order valence-electron chi connectivity index (χ2n) is 4.74. The zero-order valence-corrected chi connectivity index (χ0v) is 11.7. The van der Waals surface area contributed by atoms with Gasteiger partial charge < -0.3 is 5.11 Å². The maximum atomic E-state index is 10.3. The third-order valence-corrected chi connectivity index (χ3v) is 3.32. The predicted molar refractivity (Wildman–Crippen MR) is 72.6 cm³/mol. The molecule has 2 heterocycles. The highest BCUT2D eigenvalue weighted by molar-refractivity contribution is 5.23. The highest BCUT2D eigenvalue weighted by atomic mass is 16.3. The molecular formula is C14H20N4O. The van der Waals surface area contributed by atoms with Crippen molar-refractivity contribution in [3.8, 4) is 0 Å². The SMILES string of the molecule is CCc1nnc(C)cc1C(O)CCc1ccnn1C. The number of aromatic nitrogens is 4. The molecule has 0 aromatic carbocycles. The Morgan fingerprint density at radius 2 is 2.16 bits per heavy atom. The van der Waals surface area contributed by atoms with Gasteiger partial charge in [0.05, 0.1) is 17.5 Å². The average Bonchev–Trinajstić information content (AvgIpc) is 2.81. The molecule has 2 aromatic rings. The Hall–Kier alpha value is -1.75. The molecule has 0 saturated carbocycles. The smallest absolute Gasteiger partial charge is 0.0812 e. The van der Waals surface area contributed by atoms with Gasteiger partial charge in [-0.25, -0.2) is 0 Å².